The molecule has 0 saturated heterocycles. The zero-order valence-corrected chi connectivity index (χ0v) is 12.1. The van der Waals surface area contributed by atoms with Crippen molar-refractivity contribution < 1.29 is 8.81 Å². The molecule has 1 aromatic carbocycles. The number of hydrogen-bond donors (Lipinski definition) is 1. The van der Waals surface area contributed by atoms with E-state index in [-0.39, 0.29) is 11.9 Å². The number of benzene rings is 1. The van der Waals surface area contributed by atoms with Crippen LogP contribution in [0.1, 0.15) is 30.8 Å². The molecule has 0 bridgehead atoms. The summed E-state index contributed by atoms with van der Waals surface area (Å²) in [5.41, 5.74) is 1.16. The minimum Gasteiger partial charge on any atom is -0.456 e. The van der Waals surface area contributed by atoms with Gasteiger partial charge in [0.25, 0.3) is 0 Å². The fraction of sp³-hybridized carbons (Fsp3) is 0.312. The average Bonchev–Trinajstić information content (AvgIpc) is 3.07. The average molecular weight is 287 g/mol. The van der Waals surface area contributed by atoms with Crippen LogP contribution in [-0.2, 0) is 7.05 Å². The van der Waals surface area contributed by atoms with Crippen LogP contribution in [0.5, 0.6) is 0 Å². The van der Waals surface area contributed by atoms with Crippen LogP contribution < -0.4 is 5.32 Å². The van der Waals surface area contributed by atoms with Crippen LogP contribution in [0.15, 0.2) is 40.9 Å². The maximum atomic E-state index is 13.8. The molecule has 4 nitrogen and oxygen atoms in total. The van der Waals surface area contributed by atoms with Gasteiger partial charge in [0.15, 0.2) is 11.4 Å². The first-order valence-electron chi connectivity index (χ1n) is 7.10. The second-order valence-electron chi connectivity index (χ2n) is 5.11. The van der Waals surface area contributed by atoms with E-state index in [1.807, 2.05) is 31.4 Å². The molecule has 0 radical (unpaired) electrons. The van der Waals surface area contributed by atoms with Crippen molar-refractivity contribution in [3.63, 3.8) is 0 Å². The Hall–Kier alpha value is -2.14. The molecular weight excluding hydrogens is 269 g/mol. The molecule has 0 aliphatic rings. The Bertz CT molecular complexity index is 747. The zero-order valence-electron chi connectivity index (χ0n) is 12.1. The SMILES string of the molecule is CCCNC(c1ccn(C)n1)c1cc2cccc(F)c2o1. The lowest BCUT2D eigenvalue weighted by molar-refractivity contribution is 0.451. The van der Waals surface area contributed by atoms with Gasteiger partial charge in [-0.3, -0.25) is 4.68 Å². The number of rotatable bonds is 5. The summed E-state index contributed by atoms with van der Waals surface area (Å²) in [7, 11) is 1.87. The Morgan fingerprint density at radius 2 is 2.24 bits per heavy atom. The van der Waals surface area contributed by atoms with Crippen molar-refractivity contribution in [1.29, 1.82) is 0 Å². The number of para-hydroxylation sites is 1. The normalized spacial score (nSPS) is 12.9. The Kier molecular flexibility index (Phi) is 3.75. The molecule has 0 fully saturated rings. The summed E-state index contributed by atoms with van der Waals surface area (Å²) in [5.74, 6) is 0.344. The maximum absolute atomic E-state index is 13.8. The van der Waals surface area contributed by atoms with E-state index in [4.69, 9.17) is 4.42 Å². The number of fused-ring (bicyclic) bond motifs is 1. The van der Waals surface area contributed by atoms with Gasteiger partial charge in [0.05, 0.1) is 5.69 Å². The van der Waals surface area contributed by atoms with Crippen LogP contribution in [0.4, 0.5) is 4.39 Å². The molecule has 3 rings (SSSR count). The third-order valence-electron chi connectivity index (χ3n) is 3.43. The molecule has 1 unspecified atom stereocenters. The molecule has 0 aliphatic carbocycles. The van der Waals surface area contributed by atoms with Gasteiger partial charge >= 0.3 is 0 Å². The largest absolute Gasteiger partial charge is 0.456 e. The summed E-state index contributed by atoms with van der Waals surface area (Å²) >= 11 is 0. The molecule has 3 aromatic rings. The predicted molar refractivity (Wildman–Crippen MR) is 79.5 cm³/mol. The van der Waals surface area contributed by atoms with E-state index in [2.05, 4.69) is 17.3 Å². The third kappa shape index (κ3) is 2.69. The highest BCUT2D eigenvalue weighted by atomic mass is 19.1. The minimum atomic E-state index is -0.339. The zero-order chi connectivity index (χ0) is 14.8. The first kappa shape index (κ1) is 13.8. The van der Waals surface area contributed by atoms with Gasteiger partial charge < -0.3 is 9.73 Å². The summed E-state index contributed by atoms with van der Waals surface area (Å²) in [6, 6.07) is 8.59. The van der Waals surface area contributed by atoms with Gasteiger partial charge in [-0.2, -0.15) is 5.10 Å². The first-order chi connectivity index (χ1) is 10.2. The number of aryl methyl sites for hydroxylation is 1. The lowest BCUT2D eigenvalue weighted by Crippen LogP contribution is -2.23. The molecular formula is C16H18FN3O. The van der Waals surface area contributed by atoms with Gasteiger partial charge in [-0.15, -0.1) is 0 Å². The lowest BCUT2D eigenvalue weighted by atomic mass is 10.1. The van der Waals surface area contributed by atoms with Crippen molar-refractivity contribution in [2.45, 2.75) is 19.4 Å². The van der Waals surface area contributed by atoms with E-state index in [1.54, 1.807) is 10.7 Å². The summed E-state index contributed by atoms with van der Waals surface area (Å²) in [5, 5.41) is 8.60. The smallest absolute Gasteiger partial charge is 0.169 e. The van der Waals surface area contributed by atoms with Gasteiger partial charge in [-0.05, 0) is 31.2 Å². The standard InChI is InChI=1S/C16H18FN3O/c1-3-8-18-15(13-7-9-20(2)19-13)14-10-11-5-4-6-12(17)16(11)21-14/h4-7,9-10,15,18H,3,8H2,1-2H3. The number of aromatic nitrogens is 2. The summed E-state index contributed by atoms with van der Waals surface area (Å²) in [6.45, 7) is 2.93. The van der Waals surface area contributed by atoms with E-state index in [9.17, 15) is 4.39 Å². The lowest BCUT2D eigenvalue weighted by Gasteiger charge is -2.13. The van der Waals surface area contributed by atoms with Crippen molar-refractivity contribution in [1.82, 2.24) is 15.1 Å². The molecule has 0 spiro atoms. The van der Waals surface area contributed by atoms with Crippen LogP contribution in [0, 0.1) is 5.82 Å². The molecule has 2 heterocycles. The number of nitrogens with one attached hydrogen (secondary N) is 1. The van der Waals surface area contributed by atoms with Crippen LogP contribution in [0.25, 0.3) is 11.0 Å². The van der Waals surface area contributed by atoms with Crippen molar-refractivity contribution in [2.75, 3.05) is 6.54 Å². The van der Waals surface area contributed by atoms with Gasteiger partial charge in [0.1, 0.15) is 11.8 Å². The molecule has 2 aromatic heterocycles. The van der Waals surface area contributed by atoms with E-state index in [1.165, 1.54) is 6.07 Å². The highest BCUT2D eigenvalue weighted by Crippen LogP contribution is 2.29. The third-order valence-corrected chi connectivity index (χ3v) is 3.43. The number of nitrogens with zero attached hydrogens (tertiary/aromatic N) is 2. The Morgan fingerprint density at radius 3 is 2.90 bits per heavy atom. The van der Waals surface area contributed by atoms with Crippen LogP contribution in [-0.4, -0.2) is 16.3 Å². The molecule has 0 amide bonds. The van der Waals surface area contributed by atoms with Gasteiger partial charge in [-0.1, -0.05) is 19.1 Å². The van der Waals surface area contributed by atoms with Crippen LogP contribution in [0.3, 0.4) is 0 Å². The molecule has 0 saturated carbocycles. The van der Waals surface area contributed by atoms with Crippen LogP contribution in [0.2, 0.25) is 0 Å². The van der Waals surface area contributed by atoms with Crippen LogP contribution >= 0.6 is 0 Å². The maximum Gasteiger partial charge on any atom is 0.169 e. The summed E-state index contributed by atoms with van der Waals surface area (Å²) < 4.78 is 21.3. The second kappa shape index (κ2) is 5.69. The van der Waals surface area contributed by atoms with Crippen molar-refractivity contribution in [3.8, 4) is 0 Å². The Morgan fingerprint density at radius 1 is 1.38 bits per heavy atom. The molecule has 110 valence electrons. The van der Waals surface area contributed by atoms with Crippen molar-refractivity contribution in [3.05, 3.63) is 53.8 Å². The fourth-order valence-electron chi connectivity index (χ4n) is 2.42. The molecule has 1 atom stereocenters. The van der Waals surface area contributed by atoms with Gasteiger partial charge in [-0.25, -0.2) is 4.39 Å². The van der Waals surface area contributed by atoms with Crippen molar-refractivity contribution in [2.24, 2.45) is 7.05 Å². The molecule has 1 N–H and O–H groups in total. The minimum absolute atomic E-state index is 0.169. The van der Waals surface area contributed by atoms with E-state index < -0.39 is 0 Å². The molecule has 21 heavy (non-hydrogen) atoms. The topological polar surface area (TPSA) is 43.0 Å². The number of hydrogen-bond acceptors (Lipinski definition) is 3. The second-order valence-corrected chi connectivity index (χ2v) is 5.11. The van der Waals surface area contributed by atoms with E-state index in [0.717, 1.165) is 24.0 Å². The highest BCUT2D eigenvalue weighted by Gasteiger charge is 2.21. The van der Waals surface area contributed by atoms with E-state index >= 15 is 0 Å². The highest BCUT2D eigenvalue weighted by molar-refractivity contribution is 5.78. The summed E-state index contributed by atoms with van der Waals surface area (Å²) in [6.07, 6.45) is 2.89. The molecule has 0 aliphatic heterocycles. The fourth-order valence-corrected chi connectivity index (χ4v) is 2.42. The Labute approximate surface area is 122 Å². The quantitative estimate of drug-likeness (QED) is 0.782. The van der Waals surface area contributed by atoms with Crippen molar-refractivity contribution >= 4 is 11.0 Å². The Balaban J connectivity index is 2.03. The van der Waals surface area contributed by atoms with Gasteiger partial charge in [0.2, 0.25) is 0 Å². The first-order valence-corrected chi connectivity index (χ1v) is 7.10. The van der Waals surface area contributed by atoms with E-state index in [0.29, 0.717) is 11.3 Å². The van der Waals surface area contributed by atoms with Gasteiger partial charge in [0, 0.05) is 18.6 Å². The molecule has 5 heteroatoms. The monoisotopic (exact) mass is 287 g/mol. The summed E-state index contributed by atoms with van der Waals surface area (Å²) in [4.78, 5) is 0. The number of furan rings is 1. The predicted octanol–water partition coefficient (Wildman–Crippen LogP) is 3.39. The number of halogens is 1.